The quantitative estimate of drug-likeness (QED) is 0.787. The van der Waals surface area contributed by atoms with Gasteiger partial charge in [-0.2, -0.15) is 0 Å². The molecule has 1 saturated heterocycles. The molecule has 5 heteroatoms. The van der Waals surface area contributed by atoms with Crippen LogP contribution in [0.2, 0.25) is 0 Å². The molecule has 0 spiro atoms. The first-order valence-corrected chi connectivity index (χ1v) is 6.99. The van der Waals surface area contributed by atoms with Crippen molar-refractivity contribution in [3.8, 4) is 0 Å². The van der Waals surface area contributed by atoms with E-state index in [1.807, 2.05) is 0 Å². The predicted molar refractivity (Wildman–Crippen MR) is 80.7 cm³/mol. The number of carbonyl (C=O) groups excluding carboxylic acids is 1. The van der Waals surface area contributed by atoms with Gasteiger partial charge in [-0.1, -0.05) is 0 Å². The third-order valence-corrected chi connectivity index (χ3v) is 3.60. The molecule has 1 aromatic rings. The first kappa shape index (κ1) is 14.8. The Morgan fingerprint density at radius 3 is 2.50 bits per heavy atom. The van der Waals surface area contributed by atoms with Crippen LogP contribution in [0, 0.1) is 0 Å². The number of rotatable bonds is 3. The molecule has 1 amide bonds. The Morgan fingerprint density at radius 2 is 1.95 bits per heavy atom. The van der Waals surface area contributed by atoms with Crippen molar-refractivity contribution in [1.82, 2.24) is 10.3 Å². The zero-order valence-corrected chi connectivity index (χ0v) is 12.7. The lowest BCUT2D eigenvalue weighted by Crippen LogP contribution is -2.60. The van der Waals surface area contributed by atoms with Crippen LogP contribution in [0.25, 0.3) is 0 Å². The average molecular weight is 276 g/mol. The van der Waals surface area contributed by atoms with Crippen LogP contribution in [0.4, 0.5) is 5.82 Å². The van der Waals surface area contributed by atoms with E-state index >= 15 is 0 Å². The van der Waals surface area contributed by atoms with Crippen LogP contribution >= 0.6 is 0 Å². The Kier molecular flexibility index (Phi) is 3.73. The summed E-state index contributed by atoms with van der Waals surface area (Å²) in [7, 11) is 0. The minimum absolute atomic E-state index is 0.0427. The van der Waals surface area contributed by atoms with Gasteiger partial charge in [0.2, 0.25) is 0 Å². The van der Waals surface area contributed by atoms with Gasteiger partial charge in [0, 0.05) is 23.3 Å². The lowest BCUT2D eigenvalue weighted by atomic mass is 9.79. The van der Waals surface area contributed by atoms with Crippen molar-refractivity contribution in [3.05, 3.63) is 23.9 Å². The van der Waals surface area contributed by atoms with Gasteiger partial charge in [-0.25, -0.2) is 4.98 Å². The van der Waals surface area contributed by atoms with E-state index in [1.165, 1.54) is 0 Å². The summed E-state index contributed by atoms with van der Waals surface area (Å²) in [5.74, 6) is 0.131. The lowest BCUT2D eigenvalue weighted by molar-refractivity contribution is 0.100. The Bertz CT molecular complexity index is 494. The Hall–Kier alpha value is -1.62. The van der Waals surface area contributed by atoms with E-state index in [0.29, 0.717) is 11.4 Å². The highest BCUT2D eigenvalue weighted by atomic mass is 16.1. The first-order valence-electron chi connectivity index (χ1n) is 6.99. The predicted octanol–water partition coefficient (Wildman–Crippen LogP) is 1.90. The molecule has 0 atom stereocenters. The molecule has 0 saturated carbocycles. The van der Waals surface area contributed by atoms with Gasteiger partial charge in [0.15, 0.2) is 0 Å². The van der Waals surface area contributed by atoms with Crippen LogP contribution in [0.15, 0.2) is 18.3 Å². The summed E-state index contributed by atoms with van der Waals surface area (Å²) in [6.07, 6.45) is 3.60. The van der Waals surface area contributed by atoms with Crippen molar-refractivity contribution in [3.63, 3.8) is 0 Å². The summed E-state index contributed by atoms with van der Waals surface area (Å²) in [5, 5.41) is 7.02. The number of nitrogens with zero attached hydrogens (tertiary/aromatic N) is 1. The van der Waals surface area contributed by atoms with Crippen LogP contribution in [-0.2, 0) is 0 Å². The summed E-state index contributed by atoms with van der Waals surface area (Å²) in [5.41, 5.74) is 5.93. The standard InChI is InChI=1S/C15H24N4O/c1-14(2)8-10(9-15(3,4)19-14)18-13-11(12(16)20)6-5-7-17-13/h5-7,10,19H,8-9H2,1-4H3,(H2,16,20)(H,17,18). The van der Waals surface area contributed by atoms with Crippen LogP contribution in [0.1, 0.15) is 50.9 Å². The topological polar surface area (TPSA) is 80.0 Å². The van der Waals surface area contributed by atoms with Crippen LogP contribution in [-0.4, -0.2) is 28.0 Å². The van der Waals surface area contributed by atoms with Crippen molar-refractivity contribution >= 4 is 11.7 Å². The van der Waals surface area contributed by atoms with Crippen molar-refractivity contribution in [2.75, 3.05) is 5.32 Å². The Balaban J connectivity index is 2.20. The van der Waals surface area contributed by atoms with E-state index in [1.54, 1.807) is 18.3 Å². The number of nitrogens with one attached hydrogen (secondary N) is 2. The molecule has 0 bridgehead atoms. The number of hydrogen-bond acceptors (Lipinski definition) is 4. The fourth-order valence-corrected chi connectivity index (χ4v) is 3.34. The molecule has 4 N–H and O–H groups in total. The van der Waals surface area contributed by atoms with Gasteiger partial charge in [-0.05, 0) is 52.7 Å². The minimum Gasteiger partial charge on any atom is -0.367 e. The second kappa shape index (κ2) is 5.05. The zero-order valence-electron chi connectivity index (χ0n) is 12.7. The number of hydrogen-bond donors (Lipinski definition) is 3. The normalized spacial score (nSPS) is 21.4. The monoisotopic (exact) mass is 276 g/mol. The largest absolute Gasteiger partial charge is 0.367 e. The average Bonchev–Trinajstić information content (AvgIpc) is 2.24. The molecule has 0 aromatic carbocycles. The number of primary amides is 1. The first-order chi connectivity index (χ1) is 9.19. The van der Waals surface area contributed by atoms with Gasteiger partial charge in [0.1, 0.15) is 5.82 Å². The third kappa shape index (κ3) is 3.48. The summed E-state index contributed by atoms with van der Waals surface area (Å²) >= 11 is 0. The molecule has 1 aliphatic heterocycles. The number of pyridine rings is 1. The molecule has 0 aliphatic carbocycles. The maximum atomic E-state index is 11.4. The fraction of sp³-hybridized carbons (Fsp3) is 0.600. The maximum Gasteiger partial charge on any atom is 0.252 e. The minimum atomic E-state index is -0.451. The van der Waals surface area contributed by atoms with Gasteiger partial charge in [-0.3, -0.25) is 4.79 Å². The van der Waals surface area contributed by atoms with Crippen molar-refractivity contribution in [1.29, 1.82) is 0 Å². The van der Waals surface area contributed by atoms with E-state index in [-0.39, 0.29) is 17.1 Å². The van der Waals surface area contributed by atoms with Gasteiger partial charge in [0.05, 0.1) is 5.56 Å². The number of carbonyl (C=O) groups is 1. The Labute approximate surface area is 120 Å². The number of piperidine rings is 1. The van der Waals surface area contributed by atoms with Crippen molar-refractivity contribution in [2.45, 2.75) is 57.7 Å². The number of aromatic nitrogens is 1. The van der Waals surface area contributed by atoms with Crippen LogP contribution in [0.3, 0.4) is 0 Å². The van der Waals surface area contributed by atoms with E-state index in [4.69, 9.17) is 5.73 Å². The van der Waals surface area contributed by atoms with E-state index < -0.39 is 5.91 Å². The molecule has 2 rings (SSSR count). The molecule has 0 radical (unpaired) electrons. The molecule has 20 heavy (non-hydrogen) atoms. The van der Waals surface area contributed by atoms with E-state index in [2.05, 4.69) is 43.3 Å². The molecule has 1 fully saturated rings. The molecule has 2 heterocycles. The van der Waals surface area contributed by atoms with Gasteiger partial charge < -0.3 is 16.4 Å². The molecule has 1 aromatic heterocycles. The summed E-state index contributed by atoms with van der Waals surface area (Å²) < 4.78 is 0. The Morgan fingerprint density at radius 1 is 1.35 bits per heavy atom. The second-order valence-corrected chi connectivity index (χ2v) is 6.91. The smallest absolute Gasteiger partial charge is 0.252 e. The number of amides is 1. The molecule has 0 unspecified atom stereocenters. The highest BCUT2D eigenvalue weighted by Gasteiger charge is 2.37. The highest BCUT2D eigenvalue weighted by molar-refractivity contribution is 5.97. The highest BCUT2D eigenvalue weighted by Crippen LogP contribution is 2.30. The van der Waals surface area contributed by atoms with Crippen LogP contribution in [0.5, 0.6) is 0 Å². The molecule has 5 nitrogen and oxygen atoms in total. The SMILES string of the molecule is CC1(C)CC(Nc2ncccc2C(N)=O)CC(C)(C)N1. The second-order valence-electron chi connectivity index (χ2n) is 6.91. The maximum absolute atomic E-state index is 11.4. The van der Waals surface area contributed by atoms with E-state index in [0.717, 1.165) is 12.8 Å². The van der Waals surface area contributed by atoms with E-state index in [9.17, 15) is 4.79 Å². The molecular formula is C15H24N4O. The molecule has 110 valence electrons. The van der Waals surface area contributed by atoms with Crippen molar-refractivity contribution < 1.29 is 4.79 Å². The summed E-state index contributed by atoms with van der Waals surface area (Å²) in [6, 6.07) is 3.69. The van der Waals surface area contributed by atoms with Gasteiger partial charge >= 0.3 is 0 Å². The van der Waals surface area contributed by atoms with Gasteiger partial charge in [0.25, 0.3) is 5.91 Å². The number of nitrogens with two attached hydrogens (primary N) is 1. The molecular weight excluding hydrogens is 252 g/mol. The zero-order chi connectivity index (χ0) is 15.0. The fourth-order valence-electron chi connectivity index (χ4n) is 3.34. The molecule has 1 aliphatic rings. The summed E-state index contributed by atoms with van der Waals surface area (Å²) in [4.78, 5) is 15.7. The van der Waals surface area contributed by atoms with Crippen LogP contribution < -0.4 is 16.4 Å². The lowest BCUT2D eigenvalue weighted by Gasteiger charge is -2.46. The van der Waals surface area contributed by atoms with Crippen molar-refractivity contribution in [2.24, 2.45) is 5.73 Å². The van der Waals surface area contributed by atoms with Gasteiger partial charge in [-0.15, -0.1) is 0 Å². The number of anilines is 1. The third-order valence-electron chi connectivity index (χ3n) is 3.60. The summed E-state index contributed by atoms with van der Waals surface area (Å²) in [6.45, 7) is 8.76.